The average molecular weight is 350 g/mol. The summed E-state index contributed by atoms with van der Waals surface area (Å²) in [5.41, 5.74) is 0.620. The van der Waals surface area contributed by atoms with Gasteiger partial charge in [-0.25, -0.2) is 13.6 Å². The second-order valence-corrected chi connectivity index (χ2v) is 5.02. The second kappa shape index (κ2) is 8.09. The third-order valence-electron chi connectivity index (χ3n) is 3.16. The fourth-order valence-electron chi connectivity index (χ4n) is 1.86. The van der Waals surface area contributed by atoms with Crippen molar-refractivity contribution in [3.63, 3.8) is 0 Å². The predicted molar refractivity (Wildman–Crippen MR) is 87.5 cm³/mol. The van der Waals surface area contributed by atoms with Crippen LogP contribution in [0.5, 0.6) is 5.75 Å². The molecule has 132 valence electrons. The molecule has 0 aliphatic carbocycles. The maximum atomic E-state index is 13.1. The van der Waals surface area contributed by atoms with Crippen LogP contribution in [0.1, 0.15) is 6.92 Å². The van der Waals surface area contributed by atoms with Crippen molar-refractivity contribution in [3.8, 4) is 5.75 Å². The van der Waals surface area contributed by atoms with Crippen molar-refractivity contribution in [2.75, 3.05) is 17.7 Å². The number of anilines is 2. The number of amides is 2. The molecule has 0 saturated heterocycles. The Morgan fingerprint density at radius 1 is 0.960 bits per heavy atom. The maximum Gasteiger partial charge on any atom is 0.411 e. The minimum atomic E-state index is -1.06. The van der Waals surface area contributed by atoms with Gasteiger partial charge in [-0.05, 0) is 43.3 Å². The van der Waals surface area contributed by atoms with Gasteiger partial charge in [0.1, 0.15) is 5.75 Å². The minimum absolute atomic E-state index is 0.122. The Morgan fingerprint density at radius 3 is 2.20 bits per heavy atom. The Balaban J connectivity index is 1.94. The van der Waals surface area contributed by atoms with E-state index in [4.69, 9.17) is 4.74 Å². The zero-order valence-electron chi connectivity index (χ0n) is 13.5. The molecule has 1 atom stereocenters. The summed E-state index contributed by atoms with van der Waals surface area (Å²) in [7, 11) is 1.25. The van der Waals surface area contributed by atoms with Gasteiger partial charge in [0, 0.05) is 17.4 Å². The molecule has 0 aromatic heterocycles. The van der Waals surface area contributed by atoms with E-state index in [2.05, 4.69) is 15.4 Å². The molecule has 6 nitrogen and oxygen atoms in total. The molecule has 0 spiro atoms. The Bertz CT molecular complexity index is 766. The number of carbonyl (C=O) groups excluding carboxylic acids is 2. The number of rotatable bonds is 5. The van der Waals surface area contributed by atoms with Crippen molar-refractivity contribution in [2.24, 2.45) is 0 Å². The summed E-state index contributed by atoms with van der Waals surface area (Å²) in [6.07, 6.45) is -1.49. The normalized spacial score (nSPS) is 11.4. The van der Waals surface area contributed by atoms with Crippen LogP contribution in [0.3, 0.4) is 0 Å². The molecule has 1 unspecified atom stereocenters. The van der Waals surface area contributed by atoms with E-state index in [0.717, 1.165) is 12.1 Å². The van der Waals surface area contributed by atoms with E-state index in [0.29, 0.717) is 11.4 Å². The third-order valence-corrected chi connectivity index (χ3v) is 3.16. The molecule has 0 radical (unpaired) electrons. The summed E-state index contributed by atoms with van der Waals surface area (Å²) in [5, 5.41) is 4.91. The van der Waals surface area contributed by atoms with Crippen LogP contribution in [0.15, 0.2) is 42.5 Å². The van der Waals surface area contributed by atoms with Gasteiger partial charge in [-0.3, -0.25) is 10.1 Å². The van der Waals surface area contributed by atoms with Gasteiger partial charge in [0.05, 0.1) is 7.11 Å². The van der Waals surface area contributed by atoms with E-state index in [9.17, 15) is 18.4 Å². The van der Waals surface area contributed by atoms with Crippen LogP contribution in [0, 0.1) is 11.6 Å². The van der Waals surface area contributed by atoms with E-state index in [1.807, 2.05) is 0 Å². The van der Waals surface area contributed by atoms with Crippen molar-refractivity contribution >= 4 is 23.4 Å². The summed E-state index contributed by atoms with van der Waals surface area (Å²) < 4.78 is 35.9. The highest BCUT2D eigenvalue weighted by Crippen LogP contribution is 2.18. The van der Waals surface area contributed by atoms with Crippen LogP contribution in [-0.2, 0) is 9.53 Å². The lowest BCUT2D eigenvalue weighted by molar-refractivity contribution is -0.122. The smallest absolute Gasteiger partial charge is 0.411 e. The van der Waals surface area contributed by atoms with Crippen molar-refractivity contribution in [1.82, 2.24) is 0 Å². The van der Waals surface area contributed by atoms with Crippen LogP contribution < -0.4 is 15.4 Å². The predicted octanol–water partition coefficient (Wildman–Crippen LogP) is 3.55. The summed E-state index contributed by atoms with van der Waals surface area (Å²) in [5.74, 6) is -2.19. The highest BCUT2D eigenvalue weighted by atomic mass is 19.2. The van der Waals surface area contributed by atoms with E-state index in [-0.39, 0.29) is 5.69 Å². The number of carbonyl (C=O) groups is 2. The molecular weight excluding hydrogens is 334 g/mol. The first-order valence-electron chi connectivity index (χ1n) is 7.26. The average Bonchev–Trinajstić information content (AvgIpc) is 2.59. The molecule has 2 aromatic rings. The topological polar surface area (TPSA) is 76.7 Å². The zero-order valence-corrected chi connectivity index (χ0v) is 13.5. The van der Waals surface area contributed by atoms with Gasteiger partial charge in [-0.15, -0.1) is 0 Å². The lowest BCUT2D eigenvalue weighted by Gasteiger charge is -2.15. The Morgan fingerprint density at radius 2 is 1.60 bits per heavy atom. The second-order valence-electron chi connectivity index (χ2n) is 5.02. The first-order valence-corrected chi connectivity index (χ1v) is 7.26. The number of ether oxygens (including phenoxy) is 2. The van der Waals surface area contributed by atoms with Crippen LogP contribution in [0.2, 0.25) is 0 Å². The molecular formula is C17H16F2N2O4. The lowest BCUT2D eigenvalue weighted by Crippen LogP contribution is -2.30. The third kappa shape index (κ3) is 5.17. The van der Waals surface area contributed by atoms with Crippen LogP contribution >= 0.6 is 0 Å². The van der Waals surface area contributed by atoms with Gasteiger partial charge in [0.25, 0.3) is 5.91 Å². The number of methoxy groups -OCH3 is 1. The summed E-state index contributed by atoms with van der Waals surface area (Å²) in [4.78, 5) is 23.1. The molecule has 0 fully saturated rings. The molecule has 2 rings (SSSR count). The monoisotopic (exact) mass is 350 g/mol. The largest absolute Gasteiger partial charge is 0.481 e. The number of halogens is 2. The Kier molecular flexibility index (Phi) is 5.89. The highest BCUT2D eigenvalue weighted by Gasteiger charge is 2.16. The van der Waals surface area contributed by atoms with Crippen molar-refractivity contribution < 1.29 is 27.8 Å². The fourth-order valence-corrected chi connectivity index (χ4v) is 1.86. The van der Waals surface area contributed by atoms with Gasteiger partial charge >= 0.3 is 6.09 Å². The number of hydrogen-bond acceptors (Lipinski definition) is 4. The van der Waals surface area contributed by atoms with E-state index in [1.165, 1.54) is 20.1 Å². The summed E-state index contributed by atoms with van der Waals surface area (Å²) in [6.45, 7) is 1.51. The van der Waals surface area contributed by atoms with Gasteiger partial charge in [-0.1, -0.05) is 0 Å². The molecule has 2 N–H and O–H groups in total. The molecule has 0 aliphatic rings. The van der Waals surface area contributed by atoms with Gasteiger partial charge in [0.15, 0.2) is 17.7 Å². The van der Waals surface area contributed by atoms with Gasteiger partial charge in [0.2, 0.25) is 0 Å². The van der Waals surface area contributed by atoms with Crippen LogP contribution in [0.25, 0.3) is 0 Å². The quantitative estimate of drug-likeness (QED) is 0.865. The molecule has 2 aromatic carbocycles. The van der Waals surface area contributed by atoms with Crippen molar-refractivity contribution in [1.29, 1.82) is 0 Å². The molecule has 0 aliphatic heterocycles. The van der Waals surface area contributed by atoms with Crippen molar-refractivity contribution in [2.45, 2.75) is 13.0 Å². The van der Waals surface area contributed by atoms with Crippen LogP contribution in [-0.4, -0.2) is 25.2 Å². The molecule has 25 heavy (non-hydrogen) atoms. The first-order chi connectivity index (χ1) is 11.9. The summed E-state index contributed by atoms with van der Waals surface area (Å²) >= 11 is 0. The number of benzene rings is 2. The number of nitrogens with one attached hydrogen (secondary N) is 2. The van der Waals surface area contributed by atoms with Crippen molar-refractivity contribution in [3.05, 3.63) is 54.1 Å². The molecule has 0 saturated carbocycles. The van der Waals surface area contributed by atoms with Crippen LogP contribution in [0.4, 0.5) is 25.0 Å². The minimum Gasteiger partial charge on any atom is -0.481 e. The molecule has 0 bridgehead atoms. The van der Waals surface area contributed by atoms with Gasteiger partial charge in [-0.2, -0.15) is 0 Å². The van der Waals surface area contributed by atoms with E-state index in [1.54, 1.807) is 24.3 Å². The number of hydrogen-bond donors (Lipinski definition) is 2. The van der Waals surface area contributed by atoms with Gasteiger partial charge < -0.3 is 14.8 Å². The maximum absolute atomic E-state index is 13.1. The van der Waals surface area contributed by atoms with E-state index < -0.39 is 29.7 Å². The molecule has 8 heteroatoms. The zero-order chi connectivity index (χ0) is 18.4. The SMILES string of the molecule is COC(=O)Nc1ccc(OC(C)C(=O)Nc2ccc(F)c(F)c2)cc1. The first kappa shape index (κ1) is 18.2. The highest BCUT2D eigenvalue weighted by molar-refractivity contribution is 5.94. The van der Waals surface area contributed by atoms with E-state index >= 15 is 0 Å². The summed E-state index contributed by atoms with van der Waals surface area (Å²) in [6, 6.07) is 9.32. The Labute approximate surface area is 142 Å². The molecule has 2 amide bonds. The fraction of sp³-hybridized carbons (Fsp3) is 0.176. The lowest BCUT2D eigenvalue weighted by atomic mass is 10.2. The standard InChI is InChI=1S/C17H16F2N2O4/c1-10(16(22)20-12-5-8-14(18)15(19)9-12)25-13-6-3-11(4-7-13)21-17(23)24-2/h3-10H,1-2H3,(H,20,22)(H,21,23). The molecule has 0 heterocycles. The Hall–Kier alpha value is -3.16.